The minimum Gasteiger partial charge on any atom is -0.478 e. The van der Waals surface area contributed by atoms with Crippen molar-refractivity contribution in [3.05, 3.63) is 39.4 Å². The SMILES string of the molecule is CCN1CCN(C(=O)c2cc([N+](=O)[O-])ccc2C(=O)O)CC1. The minimum atomic E-state index is -1.27. The zero-order valence-corrected chi connectivity index (χ0v) is 12.2. The van der Waals surface area contributed by atoms with Gasteiger partial charge in [-0.05, 0) is 12.6 Å². The summed E-state index contributed by atoms with van der Waals surface area (Å²) in [5.41, 5.74) is -0.638. The molecule has 1 N–H and O–H groups in total. The molecule has 8 heteroatoms. The van der Waals surface area contributed by atoms with E-state index in [0.29, 0.717) is 26.2 Å². The number of nitro groups is 1. The van der Waals surface area contributed by atoms with Crippen molar-refractivity contribution >= 4 is 17.6 Å². The maximum atomic E-state index is 12.5. The van der Waals surface area contributed by atoms with E-state index in [1.165, 1.54) is 4.90 Å². The van der Waals surface area contributed by atoms with E-state index >= 15 is 0 Å². The quantitative estimate of drug-likeness (QED) is 0.659. The average molecular weight is 307 g/mol. The number of nitro benzene ring substituents is 1. The van der Waals surface area contributed by atoms with Crippen LogP contribution in [0.15, 0.2) is 18.2 Å². The summed E-state index contributed by atoms with van der Waals surface area (Å²) in [6.45, 7) is 5.29. The molecule has 118 valence electrons. The van der Waals surface area contributed by atoms with Crippen LogP contribution < -0.4 is 0 Å². The molecule has 1 amide bonds. The lowest BCUT2D eigenvalue weighted by atomic mass is 10.0. The summed E-state index contributed by atoms with van der Waals surface area (Å²) in [6.07, 6.45) is 0. The van der Waals surface area contributed by atoms with Gasteiger partial charge in [-0.25, -0.2) is 4.79 Å². The average Bonchev–Trinajstić information content (AvgIpc) is 2.53. The lowest BCUT2D eigenvalue weighted by Gasteiger charge is -2.34. The monoisotopic (exact) mass is 307 g/mol. The molecular formula is C14H17N3O5. The Bertz CT molecular complexity index is 608. The molecule has 1 aromatic rings. The summed E-state index contributed by atoms with van der Waals surface area (Å²) in [4.78, 5) is 37.7. The van der Waals surface area contributed by atoms with Crippen molar-refractivity contribution in [3.63, 3.8) is 0 Å². The number of rotatable bonds is 4. The molecule has 22 heavy (non-hydrogen) atoms. The predicted octanol–water partition coefficient (Wildman–Crippen LogP) is 1.07. The van der Waals surface area contributed by atoms with E-state index in [1.807, 2.05) is 6.92 Å². The maximum absolute atomic E-state index is 12.5. The normalized spacial score (nSPS) is 15.6. The van der Waals surface area contributed by atoms with Crippen LogP contribution in [0.25, 0.3) is 0 Å². The number of piperazine rings is 1. The van der Waals surface area contributed by atoms with Gasteiger partial charge in [-0.2, -0.15) is 0 Å². The number of benzene rings is 1. The minimum absolute atomic E-state index is 0.133. The van der Waals surface area contributed by atoms with Crippen molar-refractivity contribution in [2.75, 3.05) is 32.7 Å². The molecule has 1 aromatic carbocycles. The van der Waals surface area contributed by atoms with E-state index in [9.17, 15) is 24.8 Å². The van der Waals surface area contributed by atoms with E-state index in [1.54, 1.807) is 0 Å². The molecule has 1 fully saturated rings. The summed E-state index contributed by atoms with van der Waals surface area (Å²) in [5.74, 6) is -1.75. The second-order valence-electron chi connectivity index (χ2n) is 5.02. The van der Waals surface area contributed by atoms with Gasteiger partial charge in [-0.15, -0.1) is 0 Å². The molecule has 1 aliphatic rings. The first-order valence-electron chi connectivity index (χ1n) is 6.97. The fourth-order valence-corrected chi connectivity index (χ4v) is 2.45. The molecule has 8 nitrogen and oxygen atoms in total. The molecule has 0 atom stereocenters. The summed E-state index contributed by atoms with van der Waals surface area (Å²) < 4.78 is 0. The molecule has 0 unspecified atom stereocenters. The molecule has 1 aliphatic heterocycles. The second-order valence-corrected chi connectivity index (χ2v) is 5.02. The lowest BCUT2D eigenvalue weighted by Crippen LogP contribution is -2.48. The molecule has 0 aliphatic carbocycles. The second kappa shape index (κ2) is 6.52. The zero-order valence-electron chi connectivity index (χ0n) is 12.2. The van der Waals surface area contributed by atoms with Crippen molar-refractivity contribution in [1.29, 1.82) is 0 Å². The number of carboxylic acids is 1. The fourth-order valence-electron chi connectivity index (χ4n) is 2.45. The van der Waals surface area contributed by atoms with Gasteiger partial charge in [0.25, 0.3) is 11.6 Å². The number of carboxylic acid groups (broad SMARTS) is 1. The van der Waals surface area contributed by atoms with E-state index in [0.717, 1.165) is 24.7 Å². The molecule has 1 saturated heterocycles. The Hall–Kier alpha value is -2.48. The Labute approximate surface area is 127 Å². The van der Waals surface area contributed by atoms with Gasteiger partial charge < -0.3 is 14.9 Å². The molecule has 0 spiro atoms. The Morgan fingerprint density at radius 3 is 2.36 bits per heavy atom. The van der Waals surface area contributed by atoms with Crippen LogP contribution in [0.5, 0.6) is 0 Å². The van der Waals surface area contributed by atoms with E-state index in [4.69, 9.17) is 0 Å². The largest absolute Gasteiger partial charge is 0.478 e. The molecule has 0 bridgehead atoms. The number of hydrogen-bond donors (Lipinski definition) is 1. The number of carbonyl (C=O) groups excluding carboxylic acids is 1. The predicted molar refractivity (Wildman–Crippen MR) is 78.1 cm³/mol. The molecule has 2 rings (SSSR count). The molecule has 1 heterocycles. The summed E-state index contributed by atoms with van der Waals surface area (Å²) >= 11 is 0. The highest BCUT2D eigenvalue weighted by atomic mass is 16.6. The van der Waals surface area contributed by atoms with E-state index < -0.39 is 16.8 Å². The van der Waals surface area contributed by atoms with Crippen LogP contribution in [-0.4, -0.2) is 64.4 Å². The molecule has 0 saturated carbocycles. The van der Waals surface area contributed by atoms with Crippen LogP contribution >= 0.6 is 0 Å². The standard InChI is InChI=1S/C14H17N3O5/c1-2-15-5-7-16(8-6-15)13(18)12-9-10(17(21)22)3-4-11(12)14(19)20/h3-4,9H,2,5-8H2,1H3,(H,19,20). The first-order valence-corrected chi connectivity index (χ1v) is 6.97. The number of aromatic carboxylic acids is 1. The van der Waals surface area contributed by atoms with Crippen LogP contribution in [0.1, 0.15) is 27.6 Å². The Kier molecular flexibility index (Phi) is 4.71. The van der Waals surface area contributed by atoms with Crippen LogP contribution in [0.4, 0.5) is 5.69 Å². The highest BCUT2D eigenvalue weighted by Crippen LogP contribution is 2.20. The van der Waals surface area contributed by atoms with Crippen LogP contribution in [0.2, 0.25) is 0 Å². The third kappa shape index (κ3) is 3.22. The van der Waals surface area contributed by atoms with Gasteiger partial charge in [0.2, 0.25) is 0 Å². The van der Waals surface area contributed by atoms with Crippen LogP contribution in [0, 0.1) is 10.1 Å². The fraction of sp³-hybridized carbons (Fsp3) is 0.429. The highest BCUT2D eigenvalue weighted by molar-refractivity contribution is 6.05. The van der Waals surface area contributed by atoms with Crippen molar-refractivity contribution in [1.82, 2.24) is 9.80 Å². The molecule has 0 aromatic heterocycles. The van der Waals surface area contributed by atoms with Gasteiger partial charge in [0, 0.05) is 38.3 Å². The third-order valence-corrected chi connectivity index (χ3v) is 3.78. The van der Waals surface area contributed by atoms with E-state index in [2.05, 4.69) is 4.90 Å². The van der Waals surface area contributed by atoms with E-state index in [-0.39, 0.29) is 16.8 Å². The summed E-state index contributed by atoms with van der Waals surface area (Å²) in [7, 11) is 0. The van der Waals surface area contributed by atoms with Gasteiger partial charge in [0.05, 0.1) is 16.1 Å². The maximum Gasteiger partial charge on any atom is 0.336 e. The van der Waals surface area contributed by atoms with Crippen molar-refractivity contribution in [2.24, 2.45) is 0 Å². The summed E-state index contributed by atoms with van der Waals surface area (Å²) in [6, 6.07) is 3.24. The number of nitrogens with zero attached hydrogens (tertiary/aromatic N) is 3. The molecular weight excluding hydrogens is 290 g/mol. The van der Waals surface area contributed by atoms with Gasteiger partial charge in [0.15, 0.2) is 0 Å². The van der Waals surface area contributed by atoms with Crippen LogP contribution in [-0.2, 0) is 0 Å². The Morgan fingerprint density at radius 1 is 1.23 bits per heavy atom. The number of likely N-dealkylation sites (N-methyl/N-ethyl adjacent to an activating group) is 1. The number of non-ortho nitro benzene ring substituents is 1. The van der Waals surface area contributed by atoms with Gasteiger partial charge >= 0.3 is 5.97 Å². The highest BCUT2D eigenvalue weighted by Gasteiger charge is 2.26. The van der Waals surface area contributed by atoms with Gasteiger partial charge in [-0.3, -0.25) is 14.9 Å². The van der Waals surface area contributed by atoms with Gasteiger partial charge in [0.1, 0.15) is 0 Å². The Morgan fingerprint density at radius 2 is 1.86 bits per heavy atom. The number of hydrogen-bond acceptors (Lipinski definition) is 5. The zero-order chi connectivity index (χ0) is 16.3. The third-order valence-electron chi connectivity index (χ3n) is 3.78. The number of amides is 1. The van der Waals surface area contributed by atoms with Crippen molar-refractivity contribution < 1.29 is 19.6 Å². The molecule has 0 radical (unpaired) electrons. The first-order chi connectivity index (χ1) is 10.4. The van der Waals surface area contributed by atoms with Gasteiger partial charge in [-0.1, -0.05) is 6.92 Å². The summed E-state index contributed by atoms with van der Waals surface area (Å²) in [5, 5.41) is 20.0. The smallest absolute Gasteiger partial charge is 0.336 e. The Balaban J connectivity index is 2.29. The number of carbonyl (C=O) groups is 2. The topological polar surface area (TPSA) is 104 Å². The first kappa shape index (κ1) is 15.9. The van der Waals surface area contributed by atoms with Crippen molar-refractivity contribution in [3.8, 4) is 0 Å². The van der Waals surface area contributed by atoms with Crippen molar-refractivity contribution in [2.45, 2.75) is 6.92 Å². The lowest BCUT2D eigenvalue weighted by molar-refractivity contribution is -0.384. The van der Waals surface area contributed by atoms with Crippen LogP contribution in [0.3, 0.4) is 0 Å².